The Morgan fingerprint density at radius 1 is 1.25 bits per heavy atom. The van der Waals surface area contributed by atoms with Crippen LogP contribution in [0.4, 0.5) is 0 Å². The molecular weight excluding hydrogens is 328 g/mol. The molecule has 1 unspecified atom stereocenters. The number of nitrogens with zero attached hydrogens (tertiary/aromatic N) is 4. The molecule has 1 fully saturated rings. The normalized spacial score (nSPS) is 17.2. The Bertz CT molecular complexity index is 840. The number of aromatic nitrogens is 2. The molecular formula is C17H21ClN4O2. The summed E-state index contributed by atoms with van der Waals surface area (Å²) in [6.45, 7) is 6.60. The lowest BCUT2D eigenvalue weighted by atomic mass is 10.2. The third kappa shape index (κ3) is 3.03. The molecule has 3 rings (SSSR count). The molecule has 1 atom stereocenters. The second kappa shape index (κ2) is 6.53. The average Bonchev–Trinajstić information content (AvgIpc) is 2.58. The van der Waals surface area contributed by atoms with Crippen molar-refractivity contribution in [2.75, 3.05) is 26.2 Å². The van der Waals surface area contributed by atoms with Gasteiger partial charge in [0.05, 0.1) is 16.9 Å². The van der Waals surface area contributed by atoms with Crippen molar-refractivity contribution in [1.82, 2.24) is 19.4 Å². The van der Waals surface area contributed by atoms with Crippen molar-refractivity contribution in [2.45, 2.75) is 19.9 Å². The molecule has 1 saturated heterocycles. The molecule has 0 aliphatic carbocycles. The van der Waals surface area contributed by atoms with E-state index in [1.54, 1.807) is 36.7 Å². The van der Waals surface area contributed by atoms with Crippen LogP contribution in [0.25, 0.3) is 10.9 Å². The van der Waals surface area contributed by atoms with Gasteiger partial charge in [-0.2, -0.15) is 0 Å². The van der Waals surface area contributed by atoms with Gasteiger partial charge in [-0.15, -0.1) is 0 Å². The number of hydrogen-bond acceptors (Lipinski definition) is 4. The maximum atomic E-state index is 12.6. The summed E-state index contributed by atoms with van der Waals surface area (Å²) in [5, 5.41) is 1.06. The maximum Gasteiger partial charge on any atom is 0.261 e. The van der Waals surface area contributed by atoms with E-state index in [-0.39, 0.29) is 17.5 Å². The van der Waals surface area contributed by atoms with Gasteiger partial charge in [0.2, 0.25) is 5.91 Å². The predicted octanol–water partition coefficient (Wildman–Crippen LogP) is 1.81. The second-order valence-electron chi connectivity index (χ2n) is 6.21. The Labute approximate surface area is 145 Å². The maximum absolute atomic E-state index is 12.6. The molecule has 7 heteroatoms. The number of piperazine rings is 1. The van der Waals surface area contributed by atoms with Crippen LogP contribution in [-0.4, -0.2) is 51.4 Å². The molecule has 2 heterocycles. The summed E-state index contributed by atoms with van der Waals surface area (Å²) >= 11 is 5.99. The molecule has 128 valence electrons. The van der Waals surface area contributed by atoms with Crippen LogP contribution in [0.5, 0.6) is 0 Å². The number of carbonyl (C=O) groups excluding carboxylic acids is 1. The van der Waals surface area contributed by atoms with Crippen LogP contribution in [0.3, 0.4) is 0 Å². The van der Waals surface area contributed by atoms with Crippen molar-refractivity contribution in [2.24, 2.45) is 7.05 Å². The van der Waals surface area contributed by atoms with Gasteiger partial charge < -0.3 is 4.90 Å². The largest absolute Gasteiger partial charge is 0.340 e. The number of rotatable bonds is 2. The molecule has 2 aromatic rings. The molecule has 1 aliphatic heterocycles. The number of hydrogen-bond donors (Lipinski definition) is 0. The fraction of sp³-hybridized carbons (Fsp3) is 0.471. The first-order chi connectivity index (χ1) is 11.4. The van der Waals surface area contributed by atoms with Crippen LogP contribution in [-0.2, 0) is 11.8 Å². The van der Waals surface area contributed by atoms with Crippen molar-refractivity contribution < 1.29 is 4.79 Å². The van der Waals surface area contributed by atoms with Crippen molar-refractivity contribution in [1.29, 1.82) is 0 Å². The van der Waals surface area contributed by atoms with Gasteiger partial charge in [0, 0.05) is 45.2 Å². The first-order valence-electron chi connectivity index (χ1n) is 8.04. The van der Waals surface area contributed by atoms with Gasteiger partial charge in [0.25, 0.3) is 5.56 Å². The number of benzene rings is 1. The molecule has 0 spiro atoms. The molecule has 1 amide bonds. The third-order valence-corrected chi connectivity index (χ3v) is 4.99. The van der Waals surface area contributed by atoms with Gasteiger partial charge >= 0.3 is 0 Å². The van der Waals surface area contributed by atoms with Crippen molar-refractivity contribution >= 4 is 28.4 Å². The van der Waals surface area contributed by atoms with E-state index in [1.807, 2.05) is 11.8 Å². The molecule has 1 aromatic carbocycles. The van der Waals surface area contributed by atoms with Crippen LogP contribution in [0.1, 0.15) is 25.7 Å². The Morgan fingerprint density at radius 2 is 1.92 bits per heavy atom. The predicted molar refractivity (Wildman–Crippen MR) is 94.2 cm³/mol. The molecule has 6 nitrogen and oxygen atoms in total. The Hall–Kier alpha value is -1.92. The van der Waals surface area contributed by atoms with Crippen molar-refractivity contribution in [3.63, 3.8) is 0 Å². The number of carbonyl (C=O) groups is 1. The van der Waals surface area contributed by atoms with E-state index < -0.39 is 0 Å². The van der Waals surface area contributed by atoms with Crippen LogP contribution in [0, 0.1) is 0 Å². The van der Waals surface area contributed by atoms with Gasteiger partial charge in [-0.25, -0.2) is 4.98 Å². The quantitative estimate of drug-likeness (QED) is 0.830. The zero-order valence-electron chi connectivity index (χ0n) is 14.1. The highest BCUT2D eigenvalue weighted by Gasteiger charge is 2.25. The van der Waals surface area contributed by atoms with Crippen molar-refractivity contribution in [3.8, 4) is 0 Å². The van der Waals surface area contributed by atoms with E-state index in [4.69, 9.17) is 11.6 Å². The standard InChI is InChI=1S/C17H21ClN4O2/c1-11(21-6-8-22(9-7-21)12(2)23)16-19-15-5-4-13(18)10-14(15)17(24)20(16)3/h4-5,10-11H,6-9H2,1-3H3. The topological polar surface area (TPSA) is 58.4 Å². The lowest BCUT2D eigenvalue weighted by Crippen LogP contribution is -2.49. The van der Waals surface area contributed by atoms with E-state index in [2.05, 4.69) is 9.88 Å². The molecule has 1 aromatic heterocycles. The third-order valence-electron chi connectivity index (χ3n) is 4.75. The fourth-order valence-electron chi connectivity index (χ4n) is 3.22. The minimum atomic E-state index is -0.0910. The average molecular weight is 349 g/mol. The fourth-order valence-corrected chi connectivity index (χ4v) is 3.39. The monoisotopic (exact) mass is 348 g/mol. The van der Waals surface area contributed by atoms with Gasteiger partial charge in [0.1, 0.15) is 5.82 Å². The lowest BCUT2D eigenvalue weighted by molar-refractivity contribution is -0.130. The minimum Gasteiger partial charge on any atom is -0.340 e. The van der Waals surface area contributed by atoms with Crippen molar-refractivity contribution in [3.05, 3.63) is 39.4 Å². The molecule has 1 aliphatic rings. The number of amides is 1. The first kappa shape index (κ1) is 16.9. The highest BCUT2D eigenvalue weighted by Crippen LogP contribution is 2.22. The van der Waals surface area contributed by atoms with Gasteiger partial charge in [-0.1, -0.05) is 11.6 Å². The van der Waals surface area contributed by atoms with E-state index in [1.165, 1.54) is 0 Å². The molecule has 24 heavy (non-hydrogen) atoms. The van der Waals surface area contributed by atoms with Crippen LogP contribution < -0.4 is 5.56 Å². The zero-order chi connectivity index (χ0) is 17.4. The summed E-state index contributed by atoms with van der Waals surface area (Å²) in [6, 6.07) is 5.18. The van der Waals surface area contributed by atoms with Gasteiger partial charge in [-0.05, 0) is 25.1 Å². The van der Waals surface area contributed by atoms with E-state index in [0.29, 0.717) is 29.0 Å². The van der Waals surface area contributed by atoms with Gasteiger partial charge in [0.15, 0.2) is 0 Å². The SMILES string of the molecule is CC(=O)N1CCN(C(C)c2nc3ccc(Cl)cc3c(=O)n2C)CC1. The number of fused-ring (bicyclic) bond motifs is 1. The highest BCUT2D eigenvalue weighted by atomic mass is 35.5. The summed E-state index contributed by atoms with van der Waals surface area (Å²) in [5.41, 5.74) is 0.568. The molecule has 0 radical (unpaired) electrons. The number of halogens is 1. The summed E-state index contributed by atoms with van der Waals surface area (Å²) in [6.07, 6.45) is 0. The zero-order valence-corrected chi connectivity index (χ0v) is 14.9. The van der Waals surface area contributed by atoms with E-state index >= 15 is 0 Å². The van der Waals surface area contributed by atoms with Crippen LogP contribution >= 0.6 is 11.6 Å². The second-order valence-corrected chi connectivity index (χ2v) is 6.65. The Kier molecular flexibility index (Phi) is 4.60. The molecule has 0 bridgehead atoms. The van der Waals surface area contributed by atoms with Crippen LogP contribution in [0.15, 0.2) is 23.0 Å². The first-order valence-corrected chi connectivity index (χ1v) is 8.42. The highest BCUT2D eigenvalue weighted by molar-refractivity contribution is 6.31. The summed E-state index contributed by atoms with van der Waals surface area (Å²) in [4.78, 5) is 32.9. The van der Waals surface area contributed by atoms with Gasteiger partial charge in [-0.3, -0.25) is 19.1 Å². The minimum absolute atomic E-state index is 0.00288. The molecule has 0 saturated carbocycles. The Morgan fingerprint density at radius 3 is 2.54 bits per heavy atom. The smallest absolute Gasteiger partial charge is 0.261 e. The Balaban J connectivity index is 1.92. The lowest BCUT2D eigenvalue weighted by Gasteiger charge is -2.37. The molecule has 0 N–H and O–H groups in total. The summed E-state index contributed by atoms with van der Waals surface area (Å²) in [7, 11) is 1.74. The summed E-state index contributed by atoms with van der Waals surface area (Å²) < 4.78 is 1.60. The van der Waals surface area contributed by atoms with E-state index in [0.717, 1.165) is 18.9 Å². The summed E-state index contributed by atoms with van der Waals surface area (Å²) in [5.74, 6) is 0.835. The van der Waals surface area contributed by atoms with Crippen LogP contribution in [0.2, 0.25) is 5.02 Å². The van der Waals surface area contributed by atoms with E-state index in [9.17, 15) is 9.59 Å².